The van der Waals surface area contributed by atoms with Gasteiger partial charge in [0.2, 0.25) is 5.82 Å². The predicted molar refractivity (Wildman–Crippen MR) is 90.0 cm³/mol. The van der Waals surface area contributed by atoms with Crippen LogP contribution in [0.3, 0.4) is 0 Å². The van der Waals surface area contributed by atoms with Crippen LogP contribution in [0.25, 0.3) is 5.52 Å². The zero-order valence-corrected chi connectivity index (χ0v) is 13.9. The Morgan fingerprint density at radius 1 is 1.25 bits per heavy atom. The molecular formula is C18H22N4O2. The summed E-state index contributed by atoms with van der Waals surface area (Å²) in [7, 11) is 0. The van der Waals surface area contributed by atoms with Gasteiger partial charge in [-0.2, -0.15) is 0 Å². The van der Waals surface area contributed by atoms with Crippen LogP contribution < -0.4 is 5.32 Å². The summed E-state index contributed by atoms with van der Waals surface area (Å²) < 4.78 is 1.74. The lowest BCUT2D eigenvalue weighted by molar-refractivity contribution is 0.0670. The molecule has 24 heavy (non-hydrogen) atoms. The van der Waals surface area contributed by atoms with Crippen molar-refractivity contribution in [2.45, 2.75) is 38.6 Å². The number of carbonyl (C=O) groups is 2. The fourth-order valence-corrected chi connectivity index (χ4v) is 3.35. The van der Waals surface area contributed by atoms with E-state index in [1.807, 2.05) is 23.1 Å². The third-order valence-corrected chi connectivity index (χ3v) is 4.81. The van der Waals surface area contributed by atoms with Crippen molar-refractivity contribution in [1.29, 1.82) is 0 Å². The summed E-state index contributed by atoms with van der Waals surface area (Å²) in [4.78, 5) is 31.7. The van der Waals surface area contributed by atoms with Crippen LogP contribution >= 0.6 is 0 Å². The molecule has 2 amide bonds. The Morgan fingerprint density at radius 2 is 2.08 bits per heavy atom. The Bertz CT molecular complexity index is 793. The highest BCUT2D eigenvalue weighted by molar-refractivity contribution is 6.02. The van der Waals surface area contributed by atoms with Crippen molar-refractivity contribution in [1.82, 2.24) is 19.6 Å². The maximum absolute atomic E-state index is 12.9. The second kappa shape index (κ2) is 5.92. The highest BCUT2D eigenvalue weighted by Crippen LogP contribution is 2.22. The number of hydrogen-bond donors (Lipinski definition) is 1. The first-order chi connectivity index (χ1) is 11.6. The molecule has 1 aliphatic carbocycles. The molecule has 2 aromatic heterocycles. The van der Waals surface area contributed by atoms with Crippen molar-refractivity contribution < 1.29 is 9.59 Å². The second-order valence-corrected chi connectivity index (χ2v) is 6.99. The summed E-state index contributed by atoms with van der Waals surface area (Å²) in [6.45, 7) is 3.68. The van der Waals surface area contributed by atoms with E-state index >= 15 is 0 Å². The van der Waals surface area contributed by atoms with Gasteiger partial charge in [0.1, 0.15) is 0 Å². The van der Waals surface area contributed by atoms with E-state index in [4.69, 9.17) is 0 Å². The number of imidazole rings is 1. The monoisotopic (exact) mass is 326 g/mol. The molecule has 2 aromatic rings. The lowest BCUT2D eigenvalue weighted by Crippen LogP contribution is -2.40. The van der Waals surface area contributed by atoms with Gasteiger partial charge in [0.15, 0.2) is 5.69 Å². The van der Waals surface area contributed by atoms with Gasteiger partial charge in [0.05, 0.1) is 5.52 Å². The van der Waals surface area contributed by atoms with Crippen molar-refractivity contribution in [3.63, 3.8) is 0 Å². The highest BCUT2D eigenvalue weighted by atomic mass is 16.2. The molecule has 1 atom stereocenters. The number of pyridine rings is 1. The van der Waals surface area contributed by atoms with Gasteiger partial charge in [-0.1, -0.05) is 13.0 Å². The molecule has 6 nitrogen and oxygen atoms in total. The minimum absolute atomic E-state index is 0.0896. The Labute approximate surface area is 140 Å². The lowest BCUT2D eigenvalue weighted by atomic mass is 10.0. The molecule has 1 unspecified atom stereocenters. The number of likely N-dealkylation sites (tertiary alicyclic amines) is 1. The van der Waals surface area contributed by atoms with Gasteiger partial charge in [-0.25, -0.2) is 4.98 Å². The average Bonchev–Trinajstić information content (AvgIpc) is 3.31. The van der Waals surface area contributed by atoms with E-state index in [1.165, 1.54) is 0 Å². The number of nitrogens with one attached hydrogen (secondary N) is 1. The lowest BCUT2D eigenvalue weighted by Gasteiger charge is -2.30. The summed E-state index contributed by atoms with van der Waals surface area (Å²) in [6, 6.07) is 5.82. The normalized spacial score (nSPS) is 21.0. The average molecular weight is 326 g/mol. The van der Waals surface area contributed by atoms with Crippen LogP contribution in [0.4, 0.5) is 0 Å². The molecule has 1 aliphatic heterocycles. The molecule has 2 fully saturated rings. The van der Waals surface area contributed by atoms with Crippen LogP contribution in [0.2, 0.25) is 0 Å². The quantitative estimate of drug-likeness (QED) is 0.939. The van der Waals surface area contributed by atoms with Gasteiger partial charge in [-0.05, 0) is 43.7 Å². The standard InChI is InChI=1S/C18H22N4O2/c1-12-5-4-9-21(11-12)18(24)16-20-15(17(23)19-13-7-8-13)14-6-2-3-10-22(14)16/h2-3,6,10,12-13H,4-5,7-9,11H2,1H3,(H,19,23). The number of hydrogen-bond acceptors (Lipinski definition) is 3. The van der Waals surface area contributed by atoms with E-state index in [-0.39, 0.29) is 17.9 Å². The summed E-state index contributed by atoms with van der Waals surface area (Å²) in [5, 5.41) is 2.96. The third-order valence-electron chi connectivity index (χ3n) is 4.81. The molecule has 4 rings (SSSR count). The van der Waals surface area contributed by atoms with Gasteiger partial charge in [0.25, 0.3) is 11.8 Å². The molecular weight excluding hydrogens is 304 g/mol. The van der Waals surface area contributed by atoms with E-state index in [2.05, 4.69) is 17.2 Å². The van der Waals surface area contributed by atoms with Crippen LogP contribution in [0.1, 0.15) is 53.7 Å². The van der Waals surface area contributed by atoms with Gasteiger partial charge in [-0.15, -0.1) is 0 Å². The number of aromatic nitrogens is 2. The van der Waals surface area contributed by atoms with Crippen molar-refractivity contribution in [3.05, 3.63) is 35.9 Å². The number of nitrogens with zero attached hydrogens (tertiary/aromatic N) is 3. The molecule has 3 heterocycles. The van der Waals surface area contributed by atoms with Crippen LogP contribution in [0.15, 0.2) is 24.4 Å². The number of carbonyl (C=O) groups excluding carboxylic acids is 2. The smallest absolute Gasteiger partial charge is 0.290 e. The van der Waals surface area contributed by atoms with Gasteiger partial charge < -0.3 is 10.2 Å². The molecule has 1 saturated carbocycles. The van der Waals surface area contributed by atoms with Gasteiger partial charge >= 0.3 is 0 Å². The molecule has 0 bridgehead atoms. The predicted octanol–water partition coefficient (Wildman–Crippen LogP) is 2.10. The fourth-order valence-electron chi connectivity index (χ4n) is 3.35. The molecule has 2 aliphatic rings. The van der Waals surface area contributed by atoms with Crippen LogP contribution in [-0.4, -0.2) is 45.2 Å². The van der Waals surface area contributed by atoms with E-state index in [0.29, 0.717) is 23.0 Å². The zero-order valence-electron chi connectivity index (χ0n) is 13.9. The van der Waals surface area contributed by atoms with Crippen LogP contribution in [-0.2, 0) is 0 Å². The second-order valence-electron chi connectivity index (χ2n) is 6.99. The summed E-state index contributed by atoms with van der Waals surface area (Å²) >= 11 is 0. The summed E-state index contributed by atoms with van der Waals surface area (Å²) in [5.74, 6) is 0.563. The topological polar surface area (TPSA) is 66.7 Å². The van der Waals surface area contributed by atoms with Gasteiger partial charge in [0, 0.05) is 25.3 Å². The fraction of sp³-hybridized carbons (Fsp3) is 0.500. The molecule has 0 radical (unpaired) electrons. The molecule has 1 saturated heterocycles. The first-order valence-corrected chi connectivity index (χ1v) is 8.70. The van der Waals surface area contributed by atoms with E-state index < -0.39 is 0 Å². The van der Waals surface area contributed by atoms with Crippen LogP contribution in [0, 0.1) is 5.92 Å². The first-order valence-electron chi connectivity index (χ1n) is 8.70. The Morgan fingerprint density at radius 3 is 2.83 bits per heavy atom. The Balaban J connectivity index is 1.69. The zero-order chi connectivity index (χ0) is 16.7. The van der Waals surface area contributed by atoms with Crippen molar-refractivity contribution in [2.24, 2.45) is 5.92 Å². The van der Waals surface area contributed by atoms with Crippen molar-refractivity contribution >= 4 is 17.3 Å². The summed E-state index contributed by atoms with van der Waals surface area (Å²) in [6.07, 6.45) is 6.02. The van der Waals surface area contributed by atoms with Gasteiger partial charge in [-0.3, -0.25) is 14.0 Å². The van der Waals surface area contributed by atoms with Crippen molar-refractivity contribution in [2.75, 3.05) is 13.1 Å². The molecule has 0 aromatic carbocycles. The SMILES string of the molecule is CC1CCCN(C(=O)c2nc(C(=O)NC3CC3)c3ccccn23)C1. The summed E-state index contributed by atoms with van der Waals surface area (Å²) in [5.41, 5.74) is 1.03. The minimum Gasteiger partial charge on any atom is -0.348 e. The minimum atomic E-state index is -0.188. The van der Waals surface area contributed by atoms with E-state index in [9.17, 15) is 9.59 Å². The highest BCUT2D eigenvalue weighted by Gasteiger charge is 2.30. The van der Waals surface area contributed by atoms with E-state index in [0.717, 1.165) is 38.8 Å². The molecule has 0 spiro atoms. The first kappa shape index (κ1) is 15.2. The third kappa shape index (κ3) is 2.77. The maximum atomic E-state index is 12.9. The number of fused-ring (bicyclic) bond motifs is 1. The van der Waals surface area contributed by atoms with Crippen LogP contribution in [0.5, 0.6) is 0 Å². The molecule has 6 heteroatoms. The molecule has 126 valence electrons. The number of rotatable bonds is 3. The number of piperidine rings is 1. The number of amides is 2. The maximum Gasteiger partial charge on any atom is 0.290 e. The Kier molecular flexibility index (Phi) is 3.75. The van der Waals surface area contributed by atoms with Crippen molar-refractivity contribution in [3.8, 4) is 0 Å². The Hall–Kier alpha value is -2.37. The largest absolute Gasteiger partial charge is 0.348 e. The molecule has 1 N–H and O–H groups in total. The van der Waals surface area contributed by atoms with E-state index in [1.54, 1.807) is 10.6 Å².